The zero-order valence-electron chi connectivity index (χ0n) is 16.5. The molecule has 2 aliphatic rings. The number of fused-ring (bicyclic) bond motifs is 1. The minimum absolute atomic E-state index is 0.110. The van der Waals surface area contributed by atoms with E-state index in [-0.39, 0.29) is 13.1 Å². The molecule has 2 atom stereocenters. The van der Waals surface area contributed by atoms with E-state index in [2.05, 4.69) is 15.9 Å². The Labute approximate surface area is 178 Å². The maximum atomic E-state index is 13.6. The molecule has 2 fully saturated rings. The smallest absolute Gasteiger partial charge is 0.292 e. The van der Waals surface area contributed by atoms with Crippen LogP contribution in [0.2, 0.25) is 0 Å². The van der Waals surface area contributed by atoms with Gasteiger partial charge < -0.3 is 4.90 Å². The van der Waals surface area contributed by atoms with Gasteiger partial charge in [-0.2, -0.15) is 17.0 Å². The van der Waals surface area contributed by atoms with E-state index in [1.807, 2.05) is 0 Å². The van der Waals surface area contributed by atoms with Crippen LogP contribution in [0.4, 0.5) is 4.39 Å². The second-order valence-electron chi connectivity index (χ2n) is 7.50. The highest BCUT2D eigenvalue weighted by Crippen LogP contribution is 2.31. The normalized spacial score (nSPS) is 23.8. The van der Waals surface area contributed by atoms with Gasteiger partial charge in [-0.25, -0.2) is 4.39 Å². The van der Waals surface area contributed by atoms with Crippen molar-refractivity contribution in [2.24, 2.45) is 0 Å². The Morgan fingerprint density at radius 3 is 2.55 bits per heavy atom. The van der Waals surface area contributed by atoms with Crippen LogP contribution < -0.4 is 0 Å². The summed E-state index contributed by atoms with van der Waals surface area (Å²) in [6, 6.07) is 4.06. The van der Waals surface area contributed by atoms with Crippen LogP contribution in [-0.2, 0) is 26.3 Å². The molecular weight excluding hydrogens is 467 g/mol. The number of hydrogen-bond donors (Lipinski definition) is 0. The Bertz CT molecular complexity index is 926. The van der Waals surface area contributed by atoms with Gasteiger partial charge in [0.2, 0.25) is 5.78 Å². The number of piperidine rings is 1. The number of ketones is 1. The fourth-order valence-corrected chi connectivity index (χ4v) is 5.45. The maximum Gasteiger partial charge on any atom is 0.292 e. The van der Waals surface area contributed by atoms with Crippen LogP contribution in [-0.4, -0.2) is 85.0 Å². The lowest BCUT2D eigenvalue weighted by Gasteiger charge is -2.51. The fourth-order valence-electron chi connectivity index (χ4n) is 3.95. The number of hydrogen-bond acceptors (Lipinski definition) is 5. The molecule has 2 aliphatic heterocycles. The average Bonchev–Trinajstić information content (AvgIpc) is 2.67. The Balaban J connectivity index is 1.96. The third kappa shape index (κ3) is 4.24. The summed E-state index contributed by atoms with van der Waals surface area (Å²) in [5.41, 5.74) is 0.753. The summed E-state index contributed by atoms with van der Waals surface area (Å²) in [4.78, 5) is 28.1. The predicted molar refractivity (Wildman–Crippen MR) is 108 cm³/mol. The van der Waals surface area contributed by atoms with Crippen LogP contribution in [0.1, 0.15) is 18.4 Å². The van der Waals surface area contributed by atoms with Crippen molar-refractivity contribution < 1.29 is 22.4 Å². The van der Waals surface area contributed by atoms with Crippen molar-refractivity contribution in [2.45, 2.75) is 31.6 Å². The second kappa shape index (κ2) is 8.38. The third-order valence-corrected chi connectivity index (χ3v) is 7.97. The van der Waals surface area contributed by atoms with Crippen molar-refractivity contribution in [1.29, 1.82) is 0 Å². The highest BCUT2D eigenvalue weighted by Gasteiger charge is 2.48. The minimum atomic E-state index is -3.71. The minimum Gasteiger partial charge on any atom is -0.319 e. The Morgan fingerprint density at radius 1 is 1.24 bits per heavy atom. The highest BCUT2D eigenvalue weighted by molar-refractivity contribution is 9.10. The van der Waals surface area contributed by atoms with Gasteiger partial charge in [-0.15, -0.1) is 0 Å². The molecule has 11 heteroatoms. The summed E-state index contributed by atoms with van der Waals surface area (Å²) >= 11 is 3.16. The first kappa shape index (κ1) is 22.3. The lowest BCUT2D eigenvalue weighted by Crippen LogP contribution is -2.69. The molecule has 0 radical (unpaired) electrons. The van der Waals surface area contributed by atoms with E-state index in [1.54, 1.807) is 17.0 Å². The van der Waals surface area contributed by atoms with Crippen LogP contribution in [0, 0.1) is 5.82 Å². The average molecular weight is 491 g/mol. The number of amides is 1. The van der Waals surface area contributed by atoms with Crippen LogP contribution in [0.25, 0.3) is 0 Å². The molecule has 0 spiro atoms. The van der Waals surface area contributed by atoms with E-state index in [0.29, 0.717) is 23.9 Å². The van der Waals surface area contributed by atoms with E-state index >= 15 is 0 Å². The lowest BCUT2D eigenvalue weighted by atomic mass is 9.96. The number of carbonyl (C=O) groups excluding carboxylic acids is 2. The predicted octanol–water partition coefficient (Wildman–Crippen LogP) is 1.03. The summed E-state index contributed by atoms with van der Waals surface area (Å²) in [6.45, 7) is 0.567. The zero-order chi connectivity index (χ0) is 21.5. The molecule has 1 aromatic carbocycles. The molecule has 2 saturated heterocycles. The molecular formula is C18H24BrFN4O4S. The Kier molecular flexibility index (Phi) is 6.44. The molecule has 1 aromatic rings. The monoisotopic (exact) mass is 490 g/mol. The van der Waals surface area contributed by atoms with Gasteiger partial charge >= 0.3 is 0 Å². The molecule has 0 aliphatic carbocycles. The van der Waals surface area contributed by atoms with Gasteiger partial charge in [0.05, 0.1) is 17.1 Å². The van der Waals surface area contributed by atoms with Gasteiger partial charge in [-0.1, -0.05) is 6.07 Å². The quantitative estimate of drug-likeness (QED) is 0.575. The standard InChI is InChI=1S/C18H24BrFN4O4S/c1-21(2)29(27,28)22(3)15-5-4-8-24-17(15)23(11-16(25)18(24)26)10-12-6-7-14(20)13(19)9-12/h6-7,9,15,17H,4-5,8,10-11H2,1-3H3. The molecule has 2 heterocycles. The summed E-state index contributed by atoms with van der Waals surface area (Å²) in [5, 5.41) is 0. The number of benzene rings is 1. The van der Waals surface area contributed by atoms with Crippen molar-refractivity contribution in [3.63, 3.8) is 0 Å². The van der Waals surface area contributed by atoms with Crippen molar-refractivity contribution in [3.05, 3.63) is 34.1 Å². The fraction of sp³-hybridized carbons (Fsp3) is 0.556. The number of nitrogens with zero attached hydrogens (tertiary/aromatic N) is 4. The maximum absolute atomic E-state index is 13.6. The molecule has 3 rings (SSSR count). The van der Waals surface area contributed by atoms with Gasteiger partial charge in [-0.05, 0) is 46.5 Å². The number of halogens is 2. The SMILES string of the molecule is CN(C)S(=O)(=O)N(C)C1CCCN2C(=O)C(=O)CN(Cc3ccc(F)c(Br)c3)C12. The van der Waals surface area contributed by atoms with E-state index in [9.17, 15) is 22.4 Å². The number of rotatable bonds is 5. The lowest BCUT2D eigenvalue weighted by molar-refractivity contribution is -0.162. The second-order valence-corrected chi connectivity index (χ2v) is 10.6. The van der Waals surface area contributed by atoms with Gasteiger partial charge in [0.25, 0.3) is 16.1 Å². The summed E-state index contributed by atoms with van der Waals surface area (Å²) < 4.78 is 41.7. The number of carbonyl (C=O) groups is 2. The topological polar surface area (TPSA) is 81.2 Å². The van der Waals surface area contributed by atoms with Crippen LogP contribution >= 0.6 is 15.9 Å². The van der Waals surface area contributed by atoms with E-state index in [1.165, 1.54) is 36.4 Å². The Hall–Kier alpha value is -1.40. The van der Waals surface area contributed by atoms with Gasteiger partial charge in [-0.3, -0.25) is 14.5 Å². The van der Waals surface area contributed by atoms with Gasteiger partial charge in [0, 0.05) is 34.2 Å². The van der Waals surface area contributed by atoms with Crippen LogP contribution in [0.5, 0.6) is 0 Å². The largest absolute Gasteiger partial charge is 0.319 e. The van der Waals surface area contributed by atoms with Crippen molar-refractivity contribution in [3.8, 4) is 0 Å². The van der Waals surface area contributed by atoms with Crippen LogP contribution in [0.3, 0.4) is 0 Å². The molecule has 29 heavy (non-hydrogen) atoms. The van der Waals surface area contributed by atoms with Gasteiger partial charge in [0.15, 0.2) is 0 Å². The summed E-state index contributed by atoms with van der Waals surface area (Å²) in [7, 11) is 0.699. The highest BCUT2D eigenvalue weighted by atomic mass is 79.9. The first-order valence-corrected chi connectivity index (χ1v) is 11.4. The van der Waals surface area contributed by atoms with Crippen molar-refractivity contribution in [1.82, 2.24) is 18.4 Å². The van der Waals surface area contributed by atoms with Crippen molar-refractivity contribution in [2.75, 3.05) is 34.2 Å². The van der Waals surface area contributed by atoms with E-state index in [0.717, 1.165) is 9.87 Å². The van der Waals surface area contributed by atoms with Crippen LogP contribution in [0.15, 0.2) is 22.7 Å². The van der Waals surface area contributed by atoms with Gasteiger partial charge in [0.1, 0.15) is 12.0 Å². The molecule has 0 bridgehead atoms. The molecule has 160 valence electrons. The number of Topliss-reactive ketones (excluding diaryl/α,β-unsaturated/α-hetero) is 1. The molecule has 8 nitrogen and oxygen atoms in total. The van der Waals surface area contributed by atoms with E-state index in [4.69, 9.17) is 0 Å². The molecule has 1 amide bonds. The first-order valence-electron chi connectivity index (χ1n) is 9.21. The molecule has 0 aromatic heterocycles. The molecule has 2 unspecified atom stereocenters. The van der Waals surface area contributed by atoms with E-state index < -0.39 is 39.9 Å². The van der Waals surface area contributed by atoms with Crippen molar-refractivity contribution >= 4 is 37.8 Å². The molecule has 0 saturated carbocycles. The first-order chi connectivity index (χ1) is 13.5. The summed E-state index contributed by atoms with van der Waals surface area (Å²) in [5.74, 6) is -1.50. The Morgan fingerprint density at radius 2 is 1.93 bits per heavy atom. The summed E-state index contributed by atoms with van der Waals surface area (Å²) in [6.07, 6.45) is 0.594. The molecule has 0 N–H and O–H groups in total. The third-order valence-electron chi connectivity index (χ3n) is 5.44. The number of likely N-dealkylation sites (N-methyl/N-ethyl adjacent to an activating group) is 1. The zero-order valence-corrected chi connectivity index (χ0v) is 18.9.